The molecular formula is C14H27N3O3. The van der Waals surface area contributed by atoms with Crippen LogP contribution in [0.1, 0.15) is 40.0 Å². The number of likely N-dealkylation sites (tertiary alicyclic amines) is 1. The van der Waals surface area contributed by atoms with Crippen molar-refractivity contribution in [3.8, 4) is 0 Å². The van der Waals surface area contributed by atoms with Gasteiger partial charge in [-0.25, -0.2) is 9.59 Å². The standard InChI is InChI=1S/C14H27N3O3/c1-11(10-17-8-6-5-7-9-17)15-13(20)16(4)14(2,3)12(18)19/h11H,5-10H2,1-4H3,(H,15,20)(H,18,19). The Hall–Kier alpha value is -1.30. The minimum absolute atomic E-state index is 0.00708. The van der Waals surface area contributed by atoms with Crippen LogP contribution >= 0.6 is 0 Å². The molecule has 0 aromatic carbocycles. The summed E-state index contributed by atoms with van der Waals surface area (Å²) in [5.41, 5.74) is -1.21. The molecule has 1 atom stereocenters. The summed E-state index contributed by atoms with van der Waals surface area (Å²) in [4.78, 5) is 26.8. The maximum Gasteiger partial charge on any atom is 0.329 e. The summed E-state index contributed by atoms with van der Waals surface area (Å²) in [5.74, 6) is -1.01. The predicted octanol–water partition coefficient (Wildman–Crippen LogP) is 1.37. The van der Waals surface area contributed by atoms with E-state index in [9.17, 15) is 9.59 Å². The highest BCUT2D eigenvalue weighted by molar-refractivity contribution is 5.85. The SMILES string of the molecule is CC(CN1CCCCC1)NC(=O)N(C)C(C)(C)C(=O)O. The third-order valence-electron chi connectivity index (χ3n) is 4.02. The zero-order valence-electron chi connectivity index (χ0n) is 13.0. The van der Waals surface area contributed by atoms with Crippen LogP contribution in [-0.2, 0) is 4.79 Å². The molecule has 116 valence electrons. The number of piperidine rings is 1. The van der Waals surface area contributed by atoms with Crippen LogP contribution in [0.5, 0.6) is 0 Å². The van der Waals surface area contributed by atoms with Gasteiger partial charge in [0.25, 0.3) is 0 Å². The Morgan fingerprint density at radius 1 is 1.30 bits per heavy atom. The Morgan fingerprint density at radius 2 is 1.85 bits per heavy atom. The number of nitrogens with one attached hydrogen (secondary N) is 1. The molecular weight excluding hydrogens is 258 g/mol. The Balaban J connectivity index is 2.46. The number of rotatable bonds is 5. The second-order valence-electron chi connectivity index (χ2n) is 6.13. The number of carbonyl (C=O) groups excluding carboxylic acids is 1. The molecule has 2 N–H and O–H groups in total. The average Bonchev–Trinajstić information content (AvgIpc) is 2.38. The van der Waals surface area contributed by atoms with Crippen LogP contribution in [0.4, 0.5) is 4.79 Å². The maximum absolute atomic E-state index is 12.1. The van der Waals surface area contributed by atoms with Gasteiger partial charge in [0.05, 0.1) is 0 Å². The zero-order chi connectivity index (χ0) is 15.3. The van der Waals surface area contributed by atoms with Gasteiger partial charge in [-0.1, -0.05) is 6.42 Å². The van der Waals surface area contributed by atoms with Crippen molar-refractivity contribution in [2.75, 3.05) is 26.7 Å². The molecule has 1 fully saturated rings. The topological polar surface area (TPSA) is 72.9 Å². The second kappa shape index (κ2) is 6.92. The molecule has 1 rings (SSSR count). The van der Waals surface area contributed by atoms with Crippen molar-refractivity contribution in [1.29, 1.82) is 0 Å². The molecule has 2 amide bonds. The average molecular weight is 285 g/mol. The van der Waals surface area contributed by atoms with Crippen LogP contribution in [-0.4, -0.2) is 65.2 Å². The fourth-order valence-electron chi connectivity index (χ4n) is 2.28. The van der Waals surface area contributed by atoms with Crippen molar-refractivity contribution in [3.63, 3.8) is 0 Å². The molecule has 0 bridgehead atoms. The smallest absolute Gasteiger partial charge is 0.329 e. The number of amides is 2. The van der Waals surface area contributed by atoms with Crippen LogP contribution in [0.2, 0.25) is 0 Å². The molecule has 6 heteroatoms. The lowest BCUT2D eigenvalue weighted by Gasteiger charge is -2.34. The van der Waals surface area contributed by atoms with Crippen LogP contribution < -0.4 is 5.32 Å². The highest BCUT2D eigenvalue weighted by Crippen LogP contribution is 2.13. The Morgan fingerprint density at radius 3 is 2.35 bits per heavy atom. The lowest BCUT2D eigenvalue weighted by atomic mass is 10.0. The van der Waals surface area contributed by atoms with E-state index in [1.807, 2.05) is 6.92 Å². The van der Waals surface area contributed by atoms with Gasteiger partial charge in [-0.05, 0) is 46.7 Å². The molecule has 0 aromatic rings. The number of hydrogen-bond acceptors (Lipinski definition) is 3. The molecule has 1 aliphatic heterocycles. The van der Waals surface area contributed by atoms with E-state index in [4.69, 9.17) is 5.11 Å². The van der Waals surface area contributed by atoms with Crippen molar-refractivity contribution in [2.45, 2.75) is 51.6 Å². The molecule has 0 saturated carbocycles. The predicted molar refractivity (Wildman–Crippen MR) is 77.8 cm³/mol. The van der Waals surface area contributed by atoms with E-state index in [1.54, 1.807) is 0 Å². The van der Waals surface area contributed by atoms with Crippen molar-refractivity contribution in [2.24, 2.45) is 0 Å². The lowest BCUT2D eigenvalue weighted by molar-refractivity contribution is -0.146. The molecule has 20 heavy (non-hydrogen) atoms. The second-order valence-corrected chi connectivity index (χ2v) is 6.13. The molecule has 1 aliphatic rings. The summed E-state index contributed by atoms with van der Waals surface area (Å²) in [5, 5.41) is 12.0. The highest BCUT2D eigenvalue weighted by atomic mass is 16.4. The van der Waals surface area contributed by atoms with Gasteiger partial charge in [-0.3, -0.25) is 0 Å². The van der Waals surface area contributed by atoms with Crippen molar-refractivity contribution < 1.29 is 14.7 Å². The van der Waals surface area contributed by atoms with Crippen molar-refractivity contribution in [3.05, 3.63) is 0 Å². The number of likely N-dealkylation sites (N-methyl/N-ethyl adjacent to an activating group) is 1. The molecule has 0 spiro atoms. The first-order valence-corrected chi connectivity index (χ1v) is 7.25. The van der Waals surface area contributed by atoms with Crippen molar-refractivity contribution >= 4 is 12.0 Å². The number of carbonyl (C=O) groups is 2. The Kier molecular flexibility index (Phi) is 5.80. The fraction of sp³-hybridized carbons (Fsp3) is 0.857. The largest absolute Gasteiger partial charge is 0.480 e. The molecule has 1 unspecified atom stereocenters. The van der Waals surface area contributed by atoms with Gasteiger partial charge in [0.1, 0.15) is 5.54 Å². The van der Waals surface area contributed by atoms with E-state index >= 15 is 0 Å². The van der Waals surface area contributed by atoms with Gasteiger partial charge in [-0.2, -0.15) is 0 Å². The number of carboxylic acid groups (broad SMARTS) is 1. The van der Waals surface area contributed by atoms with Crippen molar-refractivity contribution in [1.82, 2.24) is 15.1 Å². The third kappa shape index (κ3) is 4.37. The minimum atomic E-state index is -1.21. The number of hydrogen-bond donors (Lipinski definition) is 2. The first-order valence-electron chi connectivity index (χ1n) is 7.25. The lowest BCUT2D eigenvalue weighted by Crippen LogP contribution is -2.56. The van der Waals surface area contributed by atoms with Crippen LogP contribution in [0, 0.1) is 0 Å². The molecule has 6 nitrogen and oxygen atoms in total. The van der Waals surface area contributed by atoms with E-state index in [0.717, 1.165) is 19.6 Å². The summed E-state index contributed by atoms with van der Waals surface area (Å²) in [7, 11) is 1.51. The summed E-state index contributed by atoms with van der Waals surface area (Å²) in [6.07, 6.45) is 3.71. The van der Waals surface area contributed by atoms with Crippen LogP contribution in [0.3, 0.4) is 0 Å². The molecule has 0 aliphatic carbocycles. The summed E-state index contributed by atoms with van der Waals surface area (Å²) < 4.78 is 0. The molecule has 1 heterocycles. The van der Waals surface area contributed by atoms with Gasteiger partial charge in [0.15, 0.2) is 0 Å². The molecule has 0 aromatic heterocycles. The van der Waals surface area contributed by atoms with E-state index in [1.165, 1.54) is 45.1 Å². The van der Waals surface area contributed by atoms with Gasteiger partial charge >= 0.3 is 12.0 Å². The highest BCUT2D eigenvalue weighted by Gasteiger charge is 2.35. The van der Waals surface area contributed by atoms with Gasteiger partial charge < -0.3 is 20.2 Å². The zero-order valence-corrected chi connectivity index (χ0v) is 13.0. The molecule has 0 radical (unpaired) electrons. The summed E-state index contributed by atoms with van der Waals surface area (Å²) in [6, 6.07) is -0.338. The van der Waals surface area contributed by atoms with Gasteiger partial charge in [-0.15, -0.1) is 0 Å². The molecule has 1 saturated heterocycles. The van der Waals surface area contributed by atoms with Gasteiger partial charge in [0.2, 0.25) is 0 Å². The first kappa shape index (κ1) is 16.8. The Bertz CT molecular complexity index is 352. The summed E-state index contributed by atoms with van der Waals surface area (Å²) >= 11 is 0. The minimum Gasteiger partial charge on any atom is -0.480 e. The number of nitrogens with zero attached hydrogens (tertiary/aromatic N) is 2. The van der Waals surface area contributed by atoms with Gasteiger partial charge in [0, 0.05) is 19.6 Å². The van der Waals surface area contributed by atoms with Crippen LogP contribution in [0.25, 0.3) is 0 Å². The monoisotopic (exact) mass is 285 g/mol. The normalized spacial score (nSPS) is 18.4. The van der Waals surface area contributed by atoms with E-state index in [2.05, 4.69) is 10.2 Å². The van der Waals surface area contributed by atoms with E-state index < -0.39 is 11.5 Å². The number of carboxylic acids is 1. The fourth-order valence-corrected chi connectivity index (χ4v) is 2.28. The van der Waals surface area contributed by atoms with E-state index in [-0.39, 0.29) is 12.1 Å². The quantitative estimate of drug-likeness (QED) is 0.800. The van der Waals surface area contributed by atoms with Crippen LogP contribution in [0.15, 0.2) is 0 Å². The first-order chi connectivity index (χ1) is 9.25. The third-order valence-corrected chi connectivity index (χ3v) is 4.02. The Labute approximate surface area is 121 Å². The number of urea groups is 1. The summed E-state index contributed by atoms with van der Waals surface area (Å²) in [6.45, 7) is 7.96. The maximum atomic E-state index is 12.1. The number of aliphatic carboxylic acids is 1. The van der Waals surface area contributed by atoms with E-state index in [0.29, 0.717) is 0 Å².